The minimum atomic E-state index is 0. The topological polar surface area (TPSA) is 73.4 Å². The fourth-order valence-corrected chi connectivity index (χ4v) is 1.19. The van der Waals surface area contributed by atoms with Crippen molar-refractivity contribution in [3.8, 4) is 0 Å². The zero-order chi connectivity index (χ0) is 17.4. The van der Waals surface area contributed by atoms with E-state index in [1.165, 1.54) is 0 Å². The first-order valence-corrected chi connectivity index (χ1v) is 7.84. The molecule has 2 heterocycles. The van der Waals surface area contributed by atoms with Crippen LogP contribution in [0.2, 0.25) is 0 Å². The number of nitrogens with one attached hydrogen (secondary N) is 2. The molecule has 0 bridgehead atoms. The molecule has 0 fully saturated rings. The molecule has 0 unspecified atom stereocenters. The maximum atomic E-state index is 6.45. The predicted molar refractivity (Wildman–Crippen MR) is 97.6 cm³/mol. The Labute approximate surface area is 161 Å². The van der Waals surface area contributed by atoms with Crippen LogP contribution in [0.5, 0.6) is 0 Å². The van der Waals surface area contributed by atoms with Gasteiger partial charge in [0.25, 0.3) is 0 Å². The number of aryl methyl sites for hydroxylation is 4. The van der Waals surface area contributed by atoms with E-state index in [1.807, 2.05) is 65.8 Å². The molecule has 0 atom stereocenters. The molecule has 128 valence electrons. The third-order valence-corrected chi connectivity index (χ3v) is 2.34. The van der Waals surface area contributed by atoms with Crippen molar-refractivity contribution in [1.29, 1.82) is 0 Å². The van der Waals surface area contributed by atoms with Gasteiger partial charge in [-0.3, -0.25) is 0 Å². The summed E-state index contributed by atoms with van der Waals surface area (Å²) >= 11 is 0. The SMILES string of the molecule is CCC[NH-].CCC[NH-].Cc1cc[c-](C)n1.Cc1cc[c-](C)n1.[Hf+4]. The van der Waals surface area contributed by atoms with Crippen LogP contribution in [-0.4, -0.2) is 23.1 Å². The monoisotopic (exact) mass is 484 g/mol. The number of rotatable bonds is 2. The van der Waals surface area contributed by atoms with Crippen LogP contribution in [0, 0.1) is 27.7 Å². The molecule has 2 N–H and O–H groups in total. The molecule has 0 saturated carbocycles. The van der Waals surface area contributed by atoms with Crippen LogP contribution in [0.1, 0.15) is 49.5 Å². The summed E-state index contributed by atoms with van der Waals surface area (Å²) in [5, 5.41) is 0. The molecule has 0 amide bonds. The van der Waals surface area contributed by atoms with E-state index in [0.717, 1.165) is 35.6 Å². The second kappa shape index (κ2) is 19.4. The van der Waals surface area contributed by atoms with Crippen molar-refractivity contribution in [3.63, 3.8) is 0 Å². The van der Waals surface area contributed by atoms with Crippen LogP contribution in [0.3, 0.4) is 0 Å². The van der Waals surface area contributed by atoms with E-state index in [-0.39, 0.29) is 25.8 Å². The van der Waals surface area contributed by atoms with E-state index in [1.54, 1.807) is 0 Å². The third kappa shape index (κ3) is 21.4. The molecule has 5 heteroatoms. The van der Waals surface area contributed by atoms with Crippen molar-refractivity contribution in [2.75, 3.05) is 13.1 Å². The van der Waals surface area contributed by atoms with Crippen molar-refractivity contribution in [1.82, 2.24) is 9.97 Å². The van der Waals surface area contributed by atoms with Crippen molar-refractivity contribution >= 4 is 0 Å². The molecule has 2 aromatic heterocycles. The maximum absolute atomic E-state index is 6.45. The van der Waals surface area contributed by atoms with Crippen LogP contribution in [-0.2, 0) is 25.8 Å². The van der Waals surface area contributed by atoms with Crippen molar-refractivity contribution in [3.05, 3.63) is 58.5 Å². The van der Waals surface area contributed by atoms with Gasteiger partial charge in [-0.2, -0.15) is 37.4 Å². The number of nitrogens with zero attached hydrogens (tertiary/aromatic N) is 2. The van der Waals surface area contributed by atoms with Gasteiger partial charge >= 0.3 is 25.8 Å². The molecule has 0 aliphatic heterocycles. The van der Waals surface area contributed by atoms with Gasteiger partial charge in [-0.1, -0.05) is 65.8 Å². The van der Waals surface area contributed by atoms with Crippen LogP contribution >= 0.6 is 0 Å². The van der Waals surface area contributed by atoms with E-state index >= 15 is 0 Å². The van der Waals surface area contributed by atoms with Gasteiger partial charge in [-0.15, -0.1) is 11.4 Å². The molecule has 2 rings (SSSR count). The van der Waals surface area contributed by atoms with Crippen molar-refractivity contribution < 1.29 is 25.8 Å². The molecule has 0 saturated heterocycles. The van der Waals surface area contributed by atoms with Crippen LogP contribution in [0.4, 0.5) is 0 Å². The molecule has 0 aromatic carbocycles. The second-order valence-corrected chi connectivity index (χ2v) is 4.96. The van der Waals surface area contributed by atoms with Crippen LogP contribution < -0.4 is 0 Å². The molecular formula is C18H32HfN4. The van der Waals surface area contributed by atoms with Gasteiger partial charge in [0.15, 0.2) is 0 Å². The average Bonchev–Trinajstić information content (AvgIpc) is 3.07. The molecule has 4 nitrogen and oxygen atoms in total. The van der Waals surface area contributed by atoms with Gasteiger partial charge in [0.1, 0.15) is 0 Å². The van der Waals surface area contributed by atoms with Gasteiger partial charge < -0.3 is 21.4 Å². The van der Waals surface area contributed by atoms with E-state index in [9.17, 15) is 0 Å². The average molecular weight is 483 g/mol. The molecule has 2 aromatic rings. The molecular weight excluding hydrogens is 451 g/mol. The Morgan fingerprint density at radius 1 is 0.826 bits per heavy atom. The van der Waals surface area contributed by atoms with E-state index in [4.69, 9.17) is 11.5 Å². The van der Waals surface area contributed by atoms with Crippen LogP contribution in [0.15, 0.2) is 24.3 Å². The van der Waals surface area contributed by atoms with Crippen LogP contribution in [0.25, 0.3) is 11.5 Å². The Kier molecular flexibility index (Phi) is 22.9. The zero-order valence-electron chi connectivity index (χ0n) is 15.5. The minimum Gasteiger partial charge on any atom is -0.677 e. The van der Waals surface area contributed by atoms with Gasteiger partial charge in [0.2, 0.25) is 0 Å². The predicted octanol–water partition coefficient (Wildman–Crippen LogP) is 5.73. The smallest absolute Gasteiger partial charge is 0.677 e. The number of hydrogen-bond donors (Lipinski definition) is 0. The van der Waals surface area contributed by atoms with E-state index < -0.39 is 0 Å². The van der Waals surface area contributed by atoms with Gasteiger partial charge in [-0.25, -0.2) is 0 Å². The summed E-state index contributed by atoms with van der Waals surface area (Å²) in [6.45, 7) is 13.1. The first kappa shape index (κ1) is 27.2. The maximum Gasteiger partial charge on any atom is 4.00 e. The van der Waals surface area contributed by atoms with Crippen molar-refractivity contribution in [2.24, 2.45) is 0 Å². The Bertz CT molecular complexity index is 370. The Balaban J connectivity index is -0.000000238. The molecule has 0 aliphatic rings. The summed E-state index contributed by atoms with van der Waals surface area (Å²) in [4.78, 5) is 8.22. The van der Waals surface area contributed by atoms with E-state index in [0.29, 0.717) is 13.1 Å². The first-order chi connectivity index (χ1) is 10.4. The zero-order valence-corrected chi connectivity index (χ0v) is 19.1. The molecule has 23 heavy (non-hydrogen) atoms. The summed E-state index contributed by atoms with van der Waals surface area (Å²) in [7, 11) is 0. The Morgan fingerprint density at radius 2 is 1.09 bits per heavy atom. The fraction of sp³-hybridized carbons (Fsp3) is 0.556. The standard InChI is InChI=1S/2C6H8N.2C3H8N.Hf/c2*1-5-3-4-6(2)7-5;2*1-2-3-4;/h2*3-4H,1-2H3;2*4H,2-3H2,1H3;/q4*-1;+4. The molecule has 0 radical (unpaired) electrons. The van der Waals surface area contributed by atoms with Gasteiger partial charge in [0.05, 0.1) is 0 Å². The summed E-state index contributed by atoms with van der Waals surface area (Å²) in [5.74, 6) is 0. The first-order valence-electron chi connectivity index (χ1n) is 7.84. The van der Waals surface area contributed by atoms with Gasteiger partial charge in [-0.05, 0) is 0 Å². The van der Waals surface area contributed by atoms with E-state index in [2.05, 4.69) is 9.97 Å². The quantitative estimate of drug-likeness (QED) is 0.405. The third-order valence-electron chi connectivity index (χ3n) is 2.34. The summed E-state index contributed by atoms with van der Waals surface area (Å²) in [6, 6.07) is 8.04. The number of aromatic nitrogens is 2. The largest absolute Gasteiger partial charge is 4.00 e. The summed E-state index contributed by atoms with van der Waals surface area (Å²) in [5.41, 5.74) is 17.3. The normalized spacial score (nSPS) is 8.35. The second-order valence-electron chi connectivity index (χ2n) is 4.96. The minimum absolute atomic E-state index is 0. The van der Waals surface area contributed by atoms with Gasteiger partial charge in [0, 0.05) is 0 Å². The summed E-state index contributed by atoms with van der Waals surface area (Å²) in [6.07, 6.45) is 1.97. The fourth-order valence-electron chi connectivity index (χ4n) is 1.19. The number of hydrogen-bond acceptors (Lipinski definition) is 2. The Hall–Kier alpha value is -0.650. The Morgan fingerprint density at radius 3 is 1.13 bits per heavy atom. The molecule has 0 aliphatic carbocycles. The summed E-state index contributed by atoms with van der Waals surface area (Å²) < 4.78 is 0. The molecule has 0 spiro atoms. The van der Waals surface area contributed by atoms with Crippen molar-refractivity contribution in [2.45, 2.75) is 54.4 Å².